The Labute approximate surface area is 63.4 Å². The minimum Gasteiger partial charge on any atom is -0.480 e. The number of hydrogen-bond donors (Lipinski definition) is 4. The largest absolute Gasteiger partial charge is 0.480 e. The van der Waals surface area contributed by atoms with Crippen LogP contribution in [0.3, 0.4) is 0 Å². The Kier molecular flexibility index (Phi) is 3.67. The van der Waals surface area contributed by atoms with Gasteiger partial charge in [0.25, 0.3) is 0 Å². The van der Waals surface area contributed by atoms with Crippen LogP contribution in [0.4, 0.5) is 0 Å². The van der Waals surface area contributed by atoms with Gasteiger partial charge in [0.1, 0.15) is 6.04 Å². The molecule has 0 aromatic carbocycles. The fraction of sp³-hybridized carbons (Fsp3) is 0.500. The van der Waals surface area contributed by atoms with Crippen molar-refractivity contribution < 1.29 is 9.90 Å². The van der Waals surface area contributed by atoms with Gasteiger partial charge < -0.3 is 21.9 Å². The predicted molar refractivity (Wildman–Crippen MR) is 40.4 cm³/mol. The van der Waals surface area contributed by atoms with Gasteiger partial charge in [0.15, 0.2) is 5.11 Å². The van der Waals surface area contributed by atoms with Crippen LogP contribution in [0, 0.1) is 0 Å². The number of thiocarbonyl (C=S) groups is 1. The highest BCUT2D eigenvalue weighted by Gasteiger charge is 2.13. The van der Waals surface area contributed by atoms with E-state index in [1.165, 1.54) is 0 Å². The molecule has 0 aliphatic carbocycles. The lowest BCUT2D eigenvalue weighted by Gasteiger charge is -2.10. The fourth-order valence-corrected chi connectivity index (χ4v) is 0.535. The number of nitrogens with two attached hydrogens (primary N) is 2. The van der Waals surface area contributed by atoms with Gasteiger partial charge in [0, 0.05) is 6.54 Å². The Bertz CT molecular complexity index is 149. The summed E-state index contributed by atoms with van der Waals surface area (Å²) in [7, 11) is 0. The first-order chi connectivity index (χ1) is 4.57. The van der Waals surface area contributed by atoms with Crippen LogP contribution in [0.15, 0.2) is 0 Å². The lowest BCUT2D eigenvalue weighted by atomic mass is 10.3. The first-order valence-corrected chi connectivity index (χ1v) is 2.97. The van der Waals surface area contributed by atoms with Crippen molar-refractivity contribution in [3.63, 3.8) is 0 Å². The molecule has 0 aliphatic heterocycles. The van der Waals surface area contributed by atoms with E-state index in [4.69, 9.17) is 16.6 Å². The van der Waals surface area contributed by atoms with Gasteiger partial charge >= 0.3 is 5.97 Å². The van der Waals surface area contributed by atoms with Crippen molar-refractivity contribution in [1.82, 2.24) is 5.32 Å². The van der Waals surface area contributed by atoms with Gasteiger partial charge in [-0.1, -0.05) is 0 Å². The van der Waals surface area contributed by atoms with Gasteiger partial charge in [0.05, 0.1) is 0 Å². The van der Waals surface area contributed by atoms with Crippen molar-refractivity contribution >= 4 is 23.3 Å². The van der Waals surface area contributed by atoms with Gasteiger partial charge in [0.2, 0.25) is 0 Å². The molecule has 0 aliphatic rings. The Hall–Kier alpha value is -0.880. The second-order valence-corrected chi connectivity index (χ2v) is 2.07. The molecule has 0 fully saturated rings. The molecule has 0 saturated heterocycles. The maximum atomic E-state index is 10.2. The summed E-state index contributed by atoms with van der Waals surface area (Å²) >= 11 is 4.41. The first-order valence-electron chi connectivity index (χ1n) is 2.56. The van der Waals surface area contributed by atoms with Crippen LogP contribution in [0.5, 0.6) is 0 Å². The number of carbonyl (C=O) groups is 1. The van der Waals surface area contributed by atoms with E-state index in [2.05, 4.69) is 17.5 Å². The molecular weight excluding hydrogens is 154 g/mol. The first kappa shape index (κ1) is 9.12. The van der Waals surface area contributed by atoms with Gasteiger partial charge in [-0.15, -0.1) is 0 Å². The summed E-state index contributed by atoms with van der Waals surface area (Å²) < 4.78 is 0. The summed E-state index contributed by atoms with van der Waals surface area (Å²) in [6.07, 6.45) is 0. The van der Waals surface area contributed by atoms with Crippen LogP contribution < -0.4 is 16.8 Å². The second-order valence-electron chi connectivity index (χ2n) is 1.64. The Balaban J connectivity index is 3.83. The van der Waals surface area contributed by atoms with Gasteiger partial charge in [-0.3, -0.25) is 0 Å². The van der Waals surface area contributed by atoms with E-state index >= 15 is 0 Å². The third-order valence-electron chi connectivity index (χ3n) is 0.850. The highest BCUT2D eigenvalue weighted by atomic mass is 32.1. The highest BCUT2D eigenvalue weighted by Crippen LogP contribution is 1.78. The molecule has 0 saturated carbocycles. The standard InChI is InChI=1S/C4H9N3O2S/c5-1-2(3(8)9)7-4(6)10/h2H,1,5H2,(H,8,9)(H3,6,7,10). The Morgan fingerprint density at radius 3 is 2.40 bits per heavy atom. The minimum absolute atomic E-state index is 0.0350. The molecule has 0 aromatic heterocycles. The van der Waals surface area contributed by atoms with Crippen molar-refractivity contribution in [1.29, 1.82) is 0 Å². The zero-order valence-electron chi connectivity index (χ0n) is 5.20. The maximum Gasteiger partial charge on any atom is 0.327 e. The lowest BCUT2D eigenvalue weighted by Crippen LogP contribution is -2.47. The molecule has 6 heteroatoms. The lowest BCUT2D eigenvalue weighted by molar-refractivity contribution is -0.138. The van der Waals surface area contributed by atoms with Crippen LogP contribution in [0.25, 0.3) is 0 Å². The van der Waals surface area contributed by atoms with Crippen LogP contribution >= 0.6 is 12.2 Å². The number of aliphatic carboxylic acids is 1. The molecule has 0 aromatic rings. The second kappa shape index (κ2) is 4.02. The number of hydrogen-bond acceptors (Lipinski definition) is 3. The molecule has 1 unspecified atom stereocenters. The molecule has 1 atom stereocenters. The van der Waals surface area contributed by atoms with Crippen LogP contribution in [0.2, 0.25) is 0 Å². The average molecular weight is 163 g/mol. The van der Waals surface area contributed by atoms with Crippen LogP contribution in [0.1, 0.15) is 0 Å². The summed E-state index contributed by atoms with van der Waals surface area (Å²) in [5, 5.41) is 10.6. The van der Waals surface area contributed by atoms with Crippen LogP contribution in [-0.4, -0.2) is 28.8 Å². The van der Waals surface area contributed by atoms with E-state index in [-0.39, 0.29) is 11.7 Å². The molecule has 0 bridgehead atoms. The molecule has 0 radical (unpaired) electrons. The summed E-state index contributed by atoms with van der Waals surface area (Å²) in [6.45, 7) is -0.0350. The quantitative estimate of drug-likeness (QED) is 0.367. The zero-order valence-corrected chi connectivity index (χ0v) is 6.02. The maximum absolute atomic E-state index is 10.2. The third-order valence-corrected chi connectivity index (χ3v) is 0.968. The molecule has 0 amide bonds. The van der Waals surface area contributed by atoms with E-state index in [1.54, 1.807) is 0 Å². The molecule has 58 valence electrons. The van der Waals surface area contributed by atoms with E-state index in [1.807, 2.05) is 0 Å². The predicted octanol–water partition coefficient (Wildman–Crippen LogP) is -1.77. The number of nitrogens with one attached hydrogen (secondary N) is 1. The van der Waals surface area contributed by atoms with Gasteiger partial charge in [-0.05, 0) is 12.2 Å². The SMILES string of the molecule is NCC(NC(N)=S)C(=O)O. The van der Waals surface area contributed by atoms with E-state index < -0.39 is 12.0 Å². The van der Waals surface area contributed by atoms with Gasteiger partial charge in [-0.2, -0.15) is 0 Å². The third kappa shape index (κ3) is 3.21. The van der Waals surface area contributed by atoms with Crippen LogP contribution in [-0.2, 0) is 4.79 Å². The number of carboxylic acids is 1. The molecule has 5 nitrogen and oxygen atoms in total. The van der Waals surface area contributed by atoms with Crippen molar-refractivity contribution in [2.24, 2.45) is 11.5 Å². The number of rotatable bonds is 3. The summed E-state index contributed by atoms with van der Waals surface area (Å²) in [6, 6.07) is -0.877. The van der Waals surface area contributed by atoms with E-state index in [9.17, 15) is 4.79 Å². The summed E-state index contributed by atoms with van der Waals surface area (Å²) in [4.78, 5) is 10.2. The topological polar surface area (TPSA) is 101 Å². The van der Waals surface area contributed by atoms with Gasteiger partial charge in [-0.25, -0.2) is 4.79 Å². The molecular formula is C4H9N3O2S. The molecule has 6 N–H and O–H groups in total. The van der Waals surface area contributed by atoms with E-state index in [0.29, 0.717) is 0 Å². The minimum atomic E-state index is -1.06. The van der Waals surface area contributed by atoms with Crippen molar-refractivity contribution in [2.45, 2.75) is 6.04 Å². The van der Waals surface area contributed by atoms with Crippen molar-refractivity contribution in [2.75, 3.05) is 6.54 Å². The fourth-order valence-electron chi connectivity index (χ4n) is 0.393. The summed E-state index contributed by atoms with van der Waals surface area (Å²) in [5.74, 6) is -1.06. The summed E-state index contributed by atoms with van der Waals surface area (Å²) in [5.41, 5.74) is 10.1. The molecule has 0 rings (SSSR count). The molecule has 0 heterocycles. The van der Waals surface area contributed by atoms with Crippen molar-refractivity contribution in [3.8, 4) is 0 Å². The molecule has 0 spiro atoms. The van der Waals surface area contributed by atoms with Crippen molar-refractivity contribution in [3.05, 3.63) is 0 Å². The van der Waals surface area contributed by atoms with E-state index in [0.717, 1.165) is 0 Å². The smallest absolute Gasteiger partial charge is 0.327 e. The monoisotopic (exact) mass is 163 g/mol. The zero-order chi connectivity index (χ0) is 8.15. The Morgan fingerprint density at radius 2 is 2.30 bits per heavy atom. The highest BCUT2D eigenvalue weighted by molar-refractivity contribution is 7.80. The molecule has 10 heavy (non-hydrogen) atoms. The average Bonchev–Trinajstić information content (AvgIpc) is 1.81. The normalized spacial score (nSPS) is 12.1. The number of carboxylic acid groups (broad SMARTS) is 1. The Morgan fingerprint density at radius 1 is 1.80 bits per heavy atom.